The number of carbonyl (C=O) groups is 1. The van der Waals surface area contributed by atoms with Crippen molar-refractivity contribution in [3.05, 3.63) is 42.5 Å². The third-order valence-electron chi connectivity index (χ3n) is 4.41. The molecule has 24 heavy (non-hydrogen) atoms. The summed E-state index contributed by atoms with van der Waals surface area (Å²) in [6.07, 6.45) is 5.73. The maximum absolute atomic E-state index is 11.2. The number of rotatable bonds is 4. The highest BCUT2D eigenvalue weighted by Gasteiger charge is 2.26. The predicted octanol–water partition coefficient (Wildman–Crippen LogP) is 2.36. The first-order valence-corrected chi connectivity index (χ1v) is 8.92. The molecule has 1 atom stereocenters. The molecule has 1 aliphatic heterocycles. The number of amides is 1. The second-order valence-electron chi connectivity index (χ2n) is 6.13. The van der Waals surface area contributed by atoms with Crippen LogP contribution in [0.3, 0.4) is 0 Å². The number of para-hydroxylation sites is 1. The average Bonchev–Trinajstić information content (AvgIpc) is 3.21. The van der Waals surface area contributed by atoms with Crippen molar-refractivity contribution in [3.8, 4) is 0 Å². The van der Waals surface area contributed by atoms with Crippen LogP contribution in [0, 0.1) is 0 Å². The maximum Gasteiger partial charge on any atom is 0.237 e. The van der Waals surface area contributed by atoms with E-state index in [0.29, 0.717) is 5.92 Å². The minimum absolute atomic E-state index is 0.187. The Hall–Kier alpha value is -2.41. The van der Waals surface area contributed by atoms with Gasteiger partial charge in [-0.05, 0) is 25.0 Å². The quantitative estimate of drug-likeness (QED) is 0.790. The molecule has 1 saturated heterocycles. The number of hydrogen-bond acceptors (Lipinski definition) is 5. The number of hydrogen-bond donors (Lipinski definition) is 1. The molecule has 0 radical (unpaired) electrons. The molecule has 6 nitrogen and oxygen atoms in total. The number of anilines is 1. The summed E-state index contributed by atoms with van der Waals surface area (Å²) < 4.78 is 3.08. The fourth-order valence-electron chi connectivity index (χ4n) is 3.34. The van der Waals surface area contributed by atoms with Crippen molar-refractivity contribution in [1.82, 2.24) is 14.5 Å². The van der Waals surface area contributed by atoms with E-state index in [9.17, 15) is 4.79 Å². The summed E-state index contributed by atoms with van der Waals surface area (Å²) in [4.78, 5) is 22.8. The van der Waals surface area contributed by atoms with Gasteiger partial charge in [0.2, 0.25) is 5.91 Å². The van der Waals surface area contributed by atoms with Gasteiger partial charge in [-0.3, -0.25) is 4.79 Å². The van der Waals surface area contributed by atoms with Crippen molar-refractivity contribution in [1.29, 1.82) is 0 Å². The number of nitrogens with zero attached hydrogens (tertiary/aromatic N) is 4. The van der Waals surface area contributed by atoms with Crippen LogP contribution in [0.15, 0.2) is 36.7 Å². The van der Waals surface area contributed by atoms with E-state index >= 15 is 0 Å². The first-order chi connectivity index (χ1) is 11.7. The molecule has 1 aromatic carbocycles. The Labute approximate surface area is 143 Å². The average molecular weight is 341 g/mol. The normalized spacial score (nSPS) is 18.2. The lowest BCUT2D eigenvalue weighted by Crippen LogP contribution is -2.35. The Morgan fingerprint density at radius 2 is 2.25 bits per heavy atom. The van der Waals surface area contributed by atoms with Gasteiger partial charge in [-0.1, -0.05) is 23.5 Å². The van der Waals surface area contributed by atoms with Crippen molar-refractivity contribution in [3.63, 3.8) is 0 Å². The van der Waals surface area contributed by atoms with Crippen molar-refractivity contribution in [2.24, 2.45) is 5.73 Å². The smallest absolute Gasteiger partial charge is 0.237 e. The third kappa shape index (κ3) is 2.87. The zero-order valence-corrected chi connectivity index (χ0v) is 14.1. The maximum atomic E-state index is 11.2. The van der Waals surface area contributed by atoms with Crippen LogP contribution in [0.1, 0.15) is 24.6 Å². The molecule has 3 heterocycles. The fourth-order valence-corrected chi connectivity index (χ4v) is 4.34. The van der Waals surface area contributed by atoms with Crippen LogP contribution in [0.4, 0.5) is 5.13 Å². The lowest BCUT2D eigenvalue weighted by atomic mass is 9.97. The predicted molar refractivity (Wildman–Crippen MR) is 95.2 cm³/mol. The number of primary amides is 1. The second-order valence-corrected chi connectivity index (χ2v) is 7.14. The summed E-state index contributed by atoms with van der Waals surface area (Å²) in [7, 11) is 0. The van der Waals surface area contributed by atoms with Crippen molar-refractivity contribution >= 4 is 32.6 Å². The molecule has 0 spiro atoms. The standard InChI is InChI=1S/C17H19N5OS/c18-15(23)11-21-9-7-19-16(21)12-4-3-8-22(10-12)17-20-13-5-1-2-6-14(13)24-17/h1-2,5-7,9,12H,3-4,8,10-11H2,(H2,18,23)/t12-/m1/s1. The van der Waals surface area contributed by atoms with Gasteiger partial charge in [0.15, 0.2) is 5.13 Å². The van der Waals surface area contributed by atoms with Gasteiger partial charge >= 0.3 is 0 Å². The summed E-state index contributed by atoms with van der Waals surface area (Å²) in [6.45, 7) is 2.06. The van der Waals surface area contributed by atoms with E-state index in [4.69, 9.17) is 10.7 Å². The highest BCUT2D eigenvalue weighted by Crippen LogP contribution is 2.33. The Balaban J connectivity index is 1.57. The third-order valence-corrected chi connectivity index (χ3v) is 5.51. The van der Waals surface area contributed by atoms with E-state index in [1.54, 1.807) is 17.5 Å². The summed E-state index contributed by atoms with van der Waals surface area (Å²) in [6, 6.07) is 8.23. The first kappa shape index (κ1) is 15.1. The number of thiazole rings is 1. The molecule has 1 aliphatic rings. The van der Waals surface area contributed by atoms with Crippen molar-refractivity contribution in [2.45, 2.75) is 25.3 Å². The molecule has 0 unspecified atom stereocenters. The van der Waals surface area contributed by atoms with Gasteiger partial charge in [0.05, 0.1) is 10.2 Å². The lowest BCUT2D eigenvalue weighted by Gasteiger charge is -2.32. The van der Waals surface area contributed by atoms with Gasteiger partial charge in [0.1, 0.15) is 12.4 Å². The number of aromatic nitrogens is 3. The van der Waals surface area contributed by atoms with Crippen LogP contribution < -0.4 is 10.6 Å². The van der Waals surface area contributed by atoms with E-state index < -0.39 is 0 Å². The molecule has 124 valence electrons. The van der Waals surface area contributed by atoms with Crippen LogP contribution >= 0.6 is 11.3 Å². The number of imidazole rings is 1. The summed E-state index contributed by atoms with van der Waals surface area (Å²) in [5, 5.41) is 1.06. The van der Waals surface area contributed by atoms with Crippen LogP contribution in [0.25, 0.3) is 10.2 Å². The minimum Gasteiger partial charge on any atom is -0.368 e. The van der Waals surface area contributed by atoms with Gasteiger partial charge in [-0.2, -0.15) is 0 Å². The van der Waals surface area contributed by atoms with Gasteiger partial charge in [0, 0.05) is 31.4 Å². The molecule has 2 N–H and O–H groups in total. The number of carbonyl (C=O) groups excluding carboxylic acids is 1. The molecule has 0 bridgehead atoms. The Bertz CT molecular complexity index is 838. The molecule has 3 aromatic rings. The summed E-state index contributed by atoms with van der Waals surface area (Å²) >= 11 is 1.73. The Morgan fingerprint density at radius 3 is 3.08 bits per heavy atom. The zero-order valence-electron chi connectivity index (χ0n) is 13.3. The minimum atomic E-state index is -0.340. The Kier molecular flexibility index (Phi) is 3.93. The molecule has 0 saturated carbocycles. The number of piperidine rings is 1. The molecular formula is C17H19N5OS. The van der Waals surface area contributed by atoms with Crippen LogP contribution in [0.2, 0.25) is 0 Å². The second kappa shape index (κ2) is 6.24. The SMILES string of the molecule is NC(=O)Cn1ccnc1[C@@H]1CCCN(c2nc3ccccc3s2)C1. The highest BCUT2D eigenvalue weighted by atomic mass is 32.1. The summed E-state index contributed by atoms with van der Waals surface area (Å²) in [5.41, 5.74) is 6.39. The summed E-state index contributed by atoms with van der Waals surface area (Å²) in [5.74, 6) is 0.896. The van der Waals surface area contributed by atoms with Gasteiger partial charge < -0.3 is 15.2 Å². The van der Waals surface area contributed by atoms with Crippen LogP contribution in [-0.4, -0.2) is 33.5 Å². The van der Waals surface area contributed by atoms with Crippen LogP contribution in [0.5, 0.6) is 0 Å². The molecule has 0 aliphatic carbocycles. The van der Waals surface area contributed by atoms with E-state index in [1.807, 2.05) is 22.9 Å². The van der Waals surface area contributed by atoms with E-state index in [2.05, 4.69) is 22.0 Å². The van der Waals surface area contributed by atoms with Crippen LogP contribution in [-0.2, 0) is 11.3 Å². The molecule has 4 rings (SSSR count). The Morgan fingerprint density at radius 1 is 1.38 bits per heavy atom. The molecule has 7 heteroatoms. The van der Waals surface area contributed by atoms with Gasteiger partial charge in [0.25, 0.3) is 0 Å². The molecular weight excluding hydrogens is 322 g/mol. The number of nitrogens with two attached hydrogens (primary N) is 1. The van der Waals surface area contributed by atoms with E-state index in [0.717, 1.165) is 42.4 Å². The van der Waals surface area contributed by atoms with Gasteiger partial charge in [-0.25, -0.2) is 9.97 Å². The lowest BCUT2D eigenvalue weighted by molar-refractivity contribution is -0.118. The highest BCUT2D eigenvalue weighted by molar-refractivity contribution is 7.22. The largest absolute Gasteiger partial charge is 0.368 e. The first-order valence-electron chi connectivity index (χ1n) is 8.10. The molecule has 1 amide bonds. The monoisotopic (exact) mass is 341 g/mol. The van der Waals surface area contributed by atoms with E-state index in [1.165, 1.54) is 4.70 Å². The number of fused-ring (bicyclic) bond motifs is 1. The fraction of sp³-hybridized carbons (Fsp3) is 0.353. The topological polar surface area (TPSA) is 77.0 Å². The van der Waals surface area contributed by atoms with E-state index in [-0.39, 0.29) is 12.5 Å². The van der Waals surface area contributed by atoms with Gasteiger partial charge in [-0.15, -0.1) is 0 Å². The molecule has 1 fully saturated rings. The molecule has 2 aromatic heterocycles. The van der Waals surface area contributed by atoms with Crippen molar-refractivity contribution < 1.29 is 4.79 Å². The zero-order chi connectivity index (χ0) is 16.5. The van der Waals surface area contributed by atoms with Crippen molar-refractivity contribution in [2.75, 3.05) is 18.0 Å². The number of benzene rings is 1.